The third-order valence-electron chi connectivity index (χ3n) is 6.62. The van der Waals surface area contributed by atoms with Crippen molar-refractivity contribution in [1.82, 2.24) is 0 Å². The van der Waals surface area contributed by atoms with Crippen molar-refractivity contribution in [2.45, 2.75) is 31.1 Å². The Labute approximate surface area is 184 Å². The topological polar surface area (TPSA) is 27.7 Å². The second-order valence-electron chi connectivity index (χ2n) is 8.14. The second-order valence-corrected chi connectivity index (χ2v) is 9.91. The minimum atomic E-state index is 0.0602. The molecule has 0 N–H and O–H groups in total. The first-order chi connectivity index (χ1) is 13.5. The number of ether oxygens (including phenoxy) is 3. The summed E-state index contributed by atoms with van der Waals surface area (Å²) in [6.45, 7) is 1.59. The smallest absolute Gasteiger partial charge is 0.133 e. The van der Waals surface area contributed by atoms with Crippen LogP contribution in [0, 0.1) is 5.41 Å². The van der Waals surface area contributed by atoms with Gasteiger partial charge in [-0.25, -0.2) is 0 Å². The molecule has 2 aliphatic rings. The van der Waals surface area contributed by atoms with Crippen molar-refractivity contribution >= 4 is 31.9 Å². The lowest BCUT2D eigenvalue weighted by Crippen LogP contribution is -2.50. The first kappa shape index (κ1) is 20.4. The minimum absolute atomic E-state index is 0.0602. The van der Waals surface area contributed by atoms with Gasteiger partial charge in [-0.3, -0.25) is 0 Å². The van der Waals surface area contributed by atoms with Crippen LogP contribution < -0.4 is 4.74 Å². The Morgan fingerprint density at radius 2 is 1.50 bits per heavy atom. The Morgan fingerprint density at radius 1 is 0.857 bits per heavy atom. The predicted molar refractivity (Wildman–Crippen MR) is 119 cm³/mol. The predicted octanol–water partition coefficient (Wildman–Crippen LogP) is 6.34. The van der Waals surface area contributed by atoms with E-state index in [1.807, 2.05) is 0 Å². The molecule has 2 aromatic rings. The molecule has 1 saturated carbocycles. The van der Waals surface area contributed by atoms with E-state index in [4.69, 9.17) is 14.2 Å². The molecular formula is C23H26Br2O3. The van der Waals surface area contributed by atoms with E-state index in [0.717, 1.165) is 53.6 Å². The van der Waals surface area contributed by atoms with E-state index < -0.39 is 0 Å². The fraction of sp³-hybridized carbons (Fsp3) is 0.478. The van der Waals surface area contributed by atoms with E-state index in [1.165, 1.54) is 22.3 Å². The molecule has 0 radical (unpaired) electrons. The van der Waals surface area contributed by atoms with Gasteiger partial charge in [0.2, 0.25) is 0 Å². The molecule has 1 fully saturated rings. The zero-order valence-electron chi connectivity index (χ0n) is 16.6. The van der Waals surface area contributed by atoms with Crippen LogP contribution in [0.3, 0.4) is 0 Å². The average molecular weight is 510 g/mol. The van der Waals surface area contributed by atoms with Gasteiger partial charge >= 0.3 is 0 Å². The van der Waals surface area contributed by atoms with Crippen LogP contribution in [0.5, 0.6) is 5.75 Å². The van der Waals surface area contributed by atoms with E-state index in [0.29, 0.717) is 0 Å². The molecule has 0 bridgehead atoms. The van der Waals surface area contributed by atoms with Crippen LogP contribution in [0.25, 0.3) is 11.1 Å². The Hall–Kier alpha value is -0.880. The van der Waals surface area contributed by atoms with Gasteiger partial charge in [-0.05, 0) is 93.5 Å². The molecule has 2 aliphatic carbocycles. The third-order valence-corrected chi connectivity index (χ3v) is 7.73. The lowest BCUT2D eigenvalue weighted by Gasteiger charge is -2.56. The van der Waals surface area contributed by atoms with Crippen LogP contribution >= 0.6 is 31.9 Å². The van der Waals surface area contributed by atoms with E-state index in [9.17, 15) is 0 Å². The molecule has 1 spiro atoms. The number of fused-ring (bicyclic) bond motifs is 5. The molecule has 150 valence electrons. The summed E-state index contributed by atoms with van der Waals surface area (Å²) in [7, 11) is 5.31. The van der Waals surface area contributed by atoms with Crippen LogP contribution in [0.4, 0.5) is 0 Å². The average Bonchev–Trinajstić information content (AvgIpc) is 2.92. The lowest BCUT2D eigenvalue weighted by molar-refractivity contribution is -0.0114. The van der Waals surface area contributed by atoms with Crippen molar-refractivity contribution in [3.05, 3.63) is 50.4 Å². The number of hydrogen-bond donors (Lipinski definition) is 0. The molecule has 28 heavy (non-hydrogen) atoms. The van der Waals surface area contributed by atoms with Gasteiger partial charge in [-0.15, -0.1) is 0 Å². The molecule has 0 unspecified atom stereocenters. The summed E-state index contributed by atoms with van der Waals surface area (Å²) in [6.07, 6.45) is 4.40. The van der Waals surface area contributed by atoms with E-state index in [1.54, 1.807) is 21.3 Å². The van der Waals surface area contributed by atoms with Gasteiger partial charge in [0.1, 0.15) is 5.75 Å². The van der Waals surface area contributed by atoms with Crippen molar-refractivity contribution in [2.24, 2.45) is 5.41 Å². The summed E-state index contributed by atoms with van der Waals surface area (Å²) in [4.78, 5) is 0. The molecule has 0 saturated heterocycles. The van der Waals surface area contributed by atoms with Gasteiger partial charge in [0, 0.05) is 37.3 Å². The van der Waals surface area contributed by atoms with Gasteiger partial charge < -0.3 is 14.2 Å². The normalized spacial score (nSPS) is 17.9. The summed E-state index contributed by atoms with van der Waals surface area (Å²) in [5.74, 6) is 0.883. The summed E-state index contributed by atoms with van der Waals surface area (Å²) in [6, 6.07) is 11.2. The van der Waals surface area contributed by atoms with Crippen molar-refractivity contribution in [3.8, 4) is 16.9 Å². The van der Waals surface area contributed by atoms with Crippen LogP contribution in [0.15, 0.2) is 39.3 Å². The summed E-state index contributed by atoms with van der Waals surface area (Å²) in [5.41, 5.74) is 5.80. The SMILES string of the molecule is COCCC1(CCOC)CC2(C1)c1cc(Br)ccc1-c1cc(OC)c(Br)cc12. The van der Waals surface area contributed by atoms with Gasteiger partial charge in [0.25, 0.3) is 0 Å². The highest BCUT2D eigenvalue weighted by molar-refractivity contribution is 9.10. The van der Waals surface area contributed by atoms with Gasteiger partial charge in [-0.2, -0.15) is 0 Å². The molecule has 4 rings (SSSR count). The number of halogens is 2. The van der Waals surface area contributed by atoms with Crippen LogP contribution in [-0.4, -0.2) is 34.5 Å². The summed E-state index contributed by atoms with van der Waals surface area (Å²) >= 11 is 7.41. The van der Waals surface area contributed by atoms with Crippen LogP contribution in [-0.2, 0) is 14.9 Å². The maximum Gasteiger partial charge on any atom is 0.133 e. The van der Waals surface area contributed by atoms with Gasteiger partial charge in [-0.1, -0.05) is 22.0 Å². The summed E-state index contributed by atoms with van der Waals surface area (Å²) < 4.78 is 18.6. The zero-order chi connectivity index (χ0) is 19.9. The minimum Gasteiger partial charge on any atom is -0.496 e. The zero-order valence-corrected chi connectivity index (χ0v) is 19.8. The molecule has 0 atom stereocenters. The van der Waals surface area contributed by atoms with Crippen LogP contribution in [0.1, 0.15) is 36.8 Å². The van der Waals surface area contributed by atoms with Gasteiger partial charge in [0.05, 0.1) is 11.6 Å². The van der Waals surface area contributed by atoms with E-state index >= 15 is 0 Å². The largest absolute Gasteiger partial charge is 0.496 e. The third kappa shape index (κ3) is 3.15. The highest BCUT2D eigenvalue weighted by atomic mass is 79.9. The highest BCUT2D eigenvalue weighted by Crippen LogP contribution is 2.68. The van der Waals surface area contributed by atoms with Crippen molar-refractivity contribution < 1.29 is 14.2 Å². The number of rotatable bonds is 7. The lowest BCUT2D eigenvalue weighted by atomic mass is 9.47. The second kappa shape index (κ2) is 7.75. The highest BCUT2D eigenvalue weighted by Gasteiger charge is 2.59. The molecule has 0 heterocycles. The first-order valence-electron chi connectivity index (χ1n) is 9.65. The summed E-state index contributed by atoms with van der Waals surface area (Å²) in [5, 5.41) is 0. The first-order valence-corrected chi connectivity index (χ1v) is 11.2. The molecule has 3 nitrogen and oxygen atoms in total. The maximum absolute atomic E-state index is 5.59. The Bertz CT molecular complexity index is 878. The van der Waals surface area contributed by atoms with E-state index in [-0.39, 0.29) is 10.8 Å². The van der Waals surface area contributed by atoms with Gasteiger partial charge in [0.15, 0.2) is 0 Å². The molecule has 0 aromatic heterocycles. The molecule has 0 amide bonds. The Balaban J connectivity index is 1.80. The maximum atomic E-state index is 5.59. The quantitative estimate of drug-likeness (QED) is 0.435. The van der Waals surface area contributed by atoms with E-state index in [2.05, 4.69) is 62.2 Å². The van der Waals surface area contributed by atoms with Crippen molar-refractivity contribution in [2.75, 3.05) is 34.5 Å². The Morgan fingerprint density at radius 3 is 2.11 bits per heavy atom. The standard InChI is InChI=1S/C23H26Br2O3/c1-26-8-6-22(7-9-27-2)13-23(14-22)18-10-15(24)4-5-16(18)17-11-21(28-3)20(25)12-19(17)23/h4-5,10-12H,6-9,13-14H2,1-3H3. The molecular weight excluding hydrogens is 484 g/mol. The molecule has 0 aliphatic heterocycles. The monoisotopic (exact) mass is 508 g/mol. The molecule has 2 aromatic carbocycles. The van der Waals surface area contributed by atoms with Crippen molar-refractivity contribution in [1.29, 1.82) is 0 Å². The van der Waals surface area contributed by atoms with Crippen LogP contribution in [0.2, 0.25) is 0 Å². The number of methoxy groups -OCH3 is 3. The molecule has 5 heteroatoms. The van der Waals surface area contributed by atoms with Crippen molar-refractivity contribution in [3.63, 3.8) is 0 Å². The number of hydrogen-bond acceptors (Lipinski definition) is 3. The number of benzene rings is 2. The Kier molecular flexibility index (Phi) is 5.64. The fourth-order valence-corrected chi connectivity index (χ4v) is 6.21. The fourth-order valence-electron chi connectivity index (χ4n) is 5.35.